The molecule has 0 aliphatic heterocycles. The van der Waals surface area contributed by atoms with Crippen LogP contribution in [0.5, 0.6) is 11.5 Å². The zero-order valence-corrected chi connectivity index (χ0v) is 20.0. The third-order valence-corrected chi connectivity index (χ3v) is 6.16. The van der Waals surface area contributed by atoms with E-state index in [1.165, 1.54) is 30.6 Å². The average molecular weight is 495 g/mol. The molecule has 1 aromatic heterocycles. The largest absolute Gasteiger partial charge is 0.493 e. The van der Waals surface area contributed by atoms with Crippen LogP contribution in [0.2, 0.25) is 0 Å². The molecule has 3 aromatic rings. The maximum atomic E-state index is 12.8. The van der Waals surface area contributed by atoms with Gasteiger partial charge in [0.25, 0.3) is 0 Å². The second-order valence-electron chi connectivity index (χ2n) is 7.39. The van der Waals surface area contributed by atoms with Crippen LogP contribution in [0.15, 0.2) is 42.5 Å². The molecular formula is C24H25F3N2O4S. The van der Waals surface area contributed by atoms with Gasteiger partial charge in [0.2, 0.25) is 0 Å². The fourth-order valence-electron chi connectivity index (χ4n) is 3.16. The van der Waals surface area contributed by atoms with Crippen LogP contribution in [0.4, 0.5) is 18.9 Å². The van der Waals surface area contributed by atoms with E-state index in [-0.39, 0.29) is 13.2 Å². The lowest BCUT2D eigenvalue weighted by atomic mass is 10.1. The molecule has 182 valence electrons. The van der Waals surface area contributed by atoms with Gasteiger partial charge in [0.1, 0.15) is 5.01 Å². The predicted octanol–water partition coefficient (Wildman–Crippen LogP) is 5.72. The highest BCUT2D eigenvalue weighted by molar-refractivity contribution is 7.15. The van der Waals surface area contributed by atoms with Crippen molar-refractivity contribution in [3.63, 3.8) is 0 Å². The second kappa shape index (κ2) is 10.8. The molecular weight excluding hydrogens is 469 g/mol. The Morgan fingerprint density at radius 3 is 2.44 bits per heavy atom. The third-order valence-electron chi connectivity index (χ3n) is 4.97. The Balaban J connectivity index is 1.72. The summed E-state index contributed by atoms with van der Waals surface area (Å²) in [5, 5.41) is 0.662. The van der Waals surface area contributed by atoms with Crippen molar-refractivity contribution in [2.75, 3.05) is 32.3 Å². The summed E-state index contributed by atoms with van der Waals surface area (Å²) in [4.78, 5) is 19.1. The SMILES string of the molecule is CCOC(=O)COc1ccc(N(C)Cc2sc(-c3ccc(C(F)(F)F)cc3)nc2C)cc1OC. The van der Waals surface area contributed by atoms with E-state index in [0.29, 0.717) is 28.6 Å². The molecule has 0 radical (unpaired) electrons. The molecule has 0 fully saturated rings. The number of thiazole rings is 1. The van der Waals surface area contributed by atoms with Gasteiger partial charge in [-0.15, -0.1) is 11.3 Å². The monoisotopic (exact) mass is 494 g/mol. The zero-order chi connectivity index (χ0) is 24.9. The van der Waals surface area contributed by atoms with Crippen molar-refractivity contribution in [1.82, 2.24) is 4.98 Å². The summed E-state index contributed by atoms with van der Waals surface area (Å²) in [5.74, 6) is 0.432. The smallest absolute Gasteiger partial charge is 0.416 e. The molecule has 6 nitrogen and oxygen atoms in total. The minimum Gasteiger partial charge on any atom is -0.493 e. The number of alkyl halides is 3. The summed E-state index contributed by atoms with van der Waals surface area (Å²) in [6, 6.07) is 10.4. The quantitative estimate of drug-likeness (QED) is 0.355. The van der Waals surface area contributed by atoms with Crippen molar-refractivity contribution in [3.05, 3.63) is 58.6 Å². The van der Waals surface area contributed by atoms with Gasteiger partial charge >= 0.3 is 12.1 Å². The average Bonchev–Trinajstić information content (AvgIpc) is 3.17. The molecule has 0 saturated carbocycles. The zero-order valence-electron chi connectivity index (χ0n) is 19.2. The number of aryl methyl sites for hydroxylation is 1. The summed E-state index contributed by atoms with van der Waals surface area (Å²) in [5.41, 5.74) is 1.62. The molecule has 34 heavy (non-hydrogen) atoms. The van der Waals surface area contributed by atoms with Crippen molar-refractivity contribution in [2.24, 2.45) is 0 Å². The number of hydrogen-bond acceptors (Lipinski definition) is 7. The number of carbonyl (C=O) groups is 1. The first kappa shape index (κ1) is 25.4. The van der Waals surface area contributed by atoms with Gasteiger partial charge in [0, 0.05) is 29.2 Å². The van der Waals surface area contributed by atoms with E-state index in [9.17, 15) is 18.0 Å². The van der Waals surface area contributed by atoms with Crippen LogP contribution in [-0.4, -0.2) is 38.3 Å². The molecule has 0 aliphatic carbocycles. The van der Waals surface area contributed by atoms with Gasteiger partial charge in [-0.2, -0.15) is 13.2 Å². The standard InChI is InChI=1S/C24H25F3N2O4S/c1-5-32-22(30)14-33-19-11-10-18(12-20(19)31-4)29(3)13-21-15(2)28-23(34-21)16-6-8-17(9-7-16)24(25,26)27/h6-12H,5,13-14H2,1-4H3. The molecule has 2 aromatic carbocycles. The van der Waals surface area contributed by atoms with E-state index >= 15 is 0 Å². The summed E-state index contributed by atoms with van der Waals surface area (Å²) < 4.78 is 54.3. The highest BCUT2D eigenvalue weighted by Gasteiger charge is 2.30. The van der Waals surface area contributed by atoms with E-state index in [1.54, 1.807) is 19.1 Å². The molecule has 0 unspecified atom stereocenters. The Hall–Kier alpha value is -3.27. The molecule has 1 heterocycles. The number of methoxy groups -OCH3 is 1. The maximum Gasteiger partial charge on any atom is 0.416 e. The summed E-state index contributed by atoms with van der Waals surface area (Å²) in [6.45, 7) is 4.20. The number of anilines is 1. The van der Waals surface area contributed by atoms with Gasteiger partial charge in [-0.1, -0.05) is 12.1 Å². The van der Waals surface area contributed by atoms with Gasteiger partial charge in [-0.05, 0) is 38.1 Å². The lowest BCUT2D eigenvalue weighted by Crippen LogP contribution is -2.17. The Kier molecular flexibility index (Phi) is 8.03. The number of nitrogens with zero attached hydrogens (tertiary/aromatic N) is 2. The predicted molar refractivity (Wildman–Crippen MR) is 125 cm³/mol. The van der Waals surface area contributed by atoms with Crippen molar-refractivity contribution < 1.29 is 32.2 Å². The van der Waals surface area contributed by atoms with Crippen molar-refractivity contribution in [1.29, 1.82) is 0 Å². The molecule has 0 spiro atoms. The number of carbonyl (C=O) groups excluding carboxylic acids is 1. The van der Waals surface area contributed by atoms with E-state index < -0.39 is 17.7 Å². The maximum absolute atomic E-state index is 12.8. The number of halogens is 3. The number of benzene rings is 2. The number of ether oxygens (including phenoxy) is 3. The van der Waals surface area contributed by atoms with Gasteiger partial charge in [-0.3, -0.25) is 0 Å². The Morgan fingerprint density at radius 2 is 1.82 bits per heavy atom. The van der Waals surface area contributed by atoms with E-state index in [2.05, 4.69) is 4.98 Å². The first-order valence-corrected chi connectivity index (χ1v) is 11.3. The van der Waals surface area contributed by atoms with Crippen LogP contribution < -0.4 is 14.4 Å². The minimum atomic E-state index is -4.37. The van der Waals surface area contributed by atoms with Crippen molar-refractivity contribution in [2.45, 2.75) is 26.6 Å². The fraction of sp³-hybridized carbons (Fsp3) is 0.333. The van der Waals surface area contributed by atoms with Crippen LogP contribution in [0.25, 0.3) is 10.6 Å². The van der Waals surface area contributed by atoms with Gasteiger partial charge in [0.05, 0.1) is 31.5 Å². The Bertz CT molecular complexity index is 1130. The number of aromatic nitrogens is 1. The molecule has 0 amide bonds. The van der Waals surface area contributed by atoms with E-state index in [1.807, 2.05) is 24.9 Å². The van der Waals surface area contributed by atoms with Gasteiger partial charge in [-0.25, -0.2) is 9.78 Å². The highest BCUT2D eigenvalue weighted by Crippen LogP contribution is 2.35. The number of rotatable bonds is 9. The van der Waals surface area contributed by atoms with Crippen LogP contribution >= 0.6 is 11.3 Å². The van der Waals surface area contributed by atoms with Gasteiger partial charge < -0.3 is 19.1 Å². The number of esters is 1. The first-order valence-electron chi connectivity index (χ1n) is 10.4. The van der Waals surface area contributed by atoms with E-state index in [4.69, 9.17) is 14.2 Å². The topological polar surface area (TPSA) is 60.9 Å². The normalized spacial score (nSPS) is 11.3. The van der Waals surface area contributed by atoms with E-state index in [0.717, 1.165) is 28.4 Å². The molecule has 0 atom stereocenters. The Labute approximate surface area is 199 Å². The Morgan fingerprint density at radius 1 is 1.12 bits per heavy atom. The summed E-state index contributed by atoms with van der Waals surface area (Å²) in [7, 11) is 3.42. The molecule has 0 bridgehead atoms. The van der Waals surface area contributed by atoms with Gasteiger partial charge in [0.15, 0.2) is 18.1 Å². The van der Waals surface area contributed by atoms with Crippen LogP contribution in [-0.2, 0) is 22.3 Å². The van der Waals surface area contributed by atoms with Crippen LogP contribution in [0, 0.1) is 6.92 Å². The first-order chi connectivity index (χ1) is 16.1. The molecule has 10 heteroatoms. The van der Waals surface area contributed by atoms with Crippen LogP contribution in [0.3, 0.4) is 0 Å². The second-order valence-corrected chi connectivity index (χ2v) is 8.47. The third kappa shape index (κ3) is 6.19. The lowest BCUT2D eigenvalue weighted by molar-refractivity contribution is -0.145. The van der Waals surface area contributed by atoms with Crippen molar-refractivity contribution >= 4 is 23.0 Å². The summed E-state index contributed by atoms with van der Waals surface area (Å²) >= 11 is 1.44. The molecule has 0 N–H and O–H groups in total. The highest BCUT2D eigenvalue weighted by atomic mass is 32.1. The van der Waals surface area contributed by atoms with Crippen molar-refractivity contribution in [3.8, 4) is 22.1 Å². The molecule has 0 saturated heterocycles. The minimum absolute atomic E-state index is 0.216. The lowest BCUT2D eigenvalue weighted by Gasteiger charge is -2.20. The fourth-order valence-corrected chi connectivity index (χ4v) is 4.28. The number of hydrogen-bond donors (Lipinski definition) is 0. The molecule has 3 rings (SSSR count). The van der Waals surface area contributed by atoms with Crippen LogP contribution in [0.1, 0.15) is 23.1 Å². The molecule has 0 aliphatic rings. The summed E-state index contributed by atoms with van der Waals surface area (Å²) in [6.07, 6.45) is -4.37.